The van der Waals surface area contributed by atoms with Crippen LogP contribution in [0.2, 0.25) is 0 Å². The van der Waals surface area contributed by atoms with Crippen LogP contribution in [0.4, 0.5) is 0 Å². The molecule has 2 rings (SSSR count). The molecule has 4 heteroatoms. The molecule has 20 heavy (non-hydrogen) atoms. The molecular formula is C16H32N2O2. The summed E-state index contributed by atoms with van der Waals surface area (Å²) in [6, 6.07) is 0.657. The van der Waals surface area contributed by atoms with Crippen molar-refractivity contribution in [1.29, 1.82) is 0 Å². The Kier molecular flexibility index (Phi) is 6.27. The molecule has 2 aliphatic rings. The molecule has 0 aromatic carbocycles. The molecule has 1 saturated heterocycles. The topological polar surface area (TPSA) is 44.7 Å². The first-order valence-corrected chi connectivity index (χ1v) is 8.38. The van der Waals surface area contributed by atoms with E-state index in [0.717, 1.165) is 32.5 Å². The maximum Gasteiger partial charge on any atom is 0.0702 e. The van der Waals surface area contributed by atoms with E-state index in [-0.39, 0.29) is 12.1 Å². The summed E-state index contributed by atoms with van der Waals surface area (Å²) in [6.07, 6.45) is 7.65. The third-order valence-corrected chi connectivity index (χ3v) is 4.55. The fourth-order valence-electron chi connectivity index (χ4n) is 3.20. The Balaban J connectivity index is 1.65. The highest BCUT2D eigenvalue weighted by Crippen LogP contribution is 2.25. The van der Waals surface area contributed by atoms with Crippen LogP contribution in [0.5, 0.6) is 0 Å². The van der Waals surface area contributed by atoms with Crippen molar-refractivity contribution in [2.75, 3.05) is 32.8 Å². The third-order valence-electron chi connectivity index (χ3n) is 4.55. The van der Waals surface area contributed by atoms with Gasteiger partial charge in [0.05, 0.1) is 12.7 Å². The van der Waals surface area contributed by atoms with E-state index in [0.29, 0.717) is 12.1 Å². The second-order valence-corrected chi connectivity index (χ2v) is 6.76. The summed E-state index contributed by atoms with van der Waals surface area (Å²) in [5, 5.41) is 13.2. The van der Waals surface area contributed by atoms with Gasteiger partial charge in [0.1, 0.15) is 0 Å². The van der Waals surface area contributed by atoms with Crippen molar-refractivity contribution in [3.63, 3.8) is 0 Å². The normalized spacial score (nSPS) is 27.4. The molecule has 4 nitrogen and oxygen atoms in total. The first kappa shape index (κ1) is 16.2. The number of nitrogens with zero attached hydrogens (tertiary/aromatic N) is 1. The van der Waals surface area contributed by atoms with Crippen molar-refractivity contribution < 1.29 is 9.84 Å². The minimum absolute atomic E-state index is 0.0870. The van der Waals surface area contributed by atoms with Gasteiger partial charge in [-0.05, 0) is 65.5 Å². The lowest BCUT2D eigenvalue weighted by molar-refractivity contribution is 0.00484. The Bertz CT molecular complexity index is 282. The zero-order valence-electron chi connectivity index (χ0n) is 13.2. The highest BCUT2D eigenvalue weighted by atomic mass is 16.5. The summed E-state index contributed by atoms with van der Waals surface area (Å²) in [6.45, 7) is 8.72. The van der Waals surface area contributed by atoms with Gasteiger partial charge in [-0.25, -0.2) is 0 Å². The monoisotopic (exact) mass is 284 g/mol. The summed E-state index contributed by atoms with van der Waals surface area (Å²) in [5.41, 5.74) is -0.0870. The number of piperidine rings is 1. The van der Waals surface area contributed by atoms with Crippen LogP contribution < -0.4 is 5.32 Å². The quantitative estimate of drug-likeness (QED) is 0.677. The molecule has 1 aliphatic carbocycles. The fraction of sp³-hybridized carbons (Fsp3) is 1.00. The second kappa shape index (κ2) is 7.74. The van der Waals surface area contributed by atoms with E-state index in [2.05, 4.69) is 24.1 Å². The molecule has 0 amide bonds. The van der Waals surface area contributed by atoms with Crippen LogP contribution in [-0.4, -0.2) is 60.5 Å². The predicted octanol–water partition coefficient (Wildman–Crippen LogP) is 1.77. The van der Waals surface area contributed by atoms with E-state index in [1.165, 1.54) is 32.2 Å². The van der Waals surface area contributed by atoms with Gasteiger partial charge in [-0.1, -0.05) is 0 Å². The fourth-order valence-corrected chi connectivity index (χ4v) is 3.20. The maximum absolute atomic E-state index is 9.61. The average Bonchev–Trinajstić information content (AvgIpc) is 3.23. The zero-order chi connectivity index (χ0) is 14.4. The number of nitrogens with one attached hydrogen (secondary N) is 1. The number of aliphatic hydroxyl groups is 1. The van der Waals surface area contributed by atoms with E-state index in [1.807, 2.05) is 0 Å². The van der Waals surface area contributed by atoms with Gasteiger partial charge in [0.25, 0.3) is 0 Å². The molecule has 0 bridgehead atoms. The molecule has 1 heterocycles. The van der Waals surface area contributed by atoms with Gasteiger partial charge in [-0.3, -0.25) is 0 Å². The largest absolute Gasteiger partial charge is 0.394 e. The van der Waals surface area contributed by atoms with Crippen molar-refractivity contribution in [3.05, 3.63) is 0 Å². The third kappa shape index (κ3) is 5.32. The number of hydrogen-bond donors (Lipinski definition) is 2. The highest BCUT2D eigenvalue weighted by molar-refractivity contribution is 4.92. The number of aliphatic hydroxyl groups excluding tert-OH is 1. The lowest BCUT2D eigenvalue weighted by atomic mass is 9.96. The second-order valence-electron chi connectivity index (χ2n) is 6.76. The van der Waals surface area contributed by atoms with Gasteiger partial charge in [-0.15, -0.1) is 0 Å². The summed E-state index contributed by atoms with van der Waals surface area (Å²) in [5.74, 6) is 0. The molecule has 1 saturated carbocycles. The number of hydrogen-bond acceptors (Lipinski definition) is 4. The standard InChI is InChI=1S/C16H32N2O2/c1-3-20-15-6-4-10-18(12-15)11-5-9-16(2,13-19)17-14-7-8-14/h14-15,17,19H,3-13H2,1-2H3. The van der Waals surface area contributed by atoms with Crippen LogP contribution in [0.15, 0.2) is 0 Å². The Morgan fingerprint density at radius 2 is 2.15 bits per heavy atom. The van der Waals surface area contributed by atoms with E-state index < -0.39 is 0 Å². The van der Waals surface area contributed by atoms with Crippen LogP contribution >= 0.6 is 0 Å². The van der Waals surface area contributed by atoms with Crippen molar-refractivity contribution >= 4 is 0 Å². The Labute approximate surface area is 123 Å². The molecule has 0 aromatic rings. The van der Waals surface area contributed by atoms with E-state index in [9.17, 15) is 5.11 Å². The van der Waals surface area contributed by atoms with Gasteiger partial charge < -0.3 is 20.1 Å². The number of ether oxygens (including phenoxy) is 1. The van der Waals surface area contributed by atoms with Gasteiger partial charge in [0, 0.05) is 24.7 Å². The minimum atomic E-state index is -0.0870. The molecule has 0 aromatic heterocycles. The van der Waals surface area contributed by atoms with Gasteiger partial charge in [0.2, 0.25) is 0 Å². The number of likely N-dealkylation sites (tertiary alicyclic amines) is 1. The Hall–Kier alpha value is -0.160. The van der Waals surface area contributed by atoms with Crippen molar-refractivity contribution in [2.24, 2.45) is 0 Å². The van der Waals surface area contributed by atoms with Gasteiger partial charge >= 0.3 is 0 Å². The van der Waals surface area contributed by atoms with Crippen LogP contribution in [0.1, 0.15) is 52.4 Å². The molecule has 2 atom stereocenters. The van der Waals surface area contributed by atoms with Crippen molar-refractivity contribution in [3.8, 4) is 0 Å². The summed E-state index contributed by atoms with van der Waals surface area (Å²) in [4.78, 5) is 2.53. The molecule has 2 N–H and O–H groups in total. The first-order chi connectivity index (χ1) is 9.65. The van der Waals surface area contributed by atoms with E-state index >= 15 is 0 Å². The van der Waals surface area contributed by atoms with Crippen molar-refractivity contribution in [2.45, 2.75) is 70.1 Å². The maximum atomic E-state index is 9.61. The lowest BCUT2D eigenvalue weighted by Gasteiger charge is -2.34. The molecule has 1 aliphatic heterocycles. The Morgan fingerprint density at radius 1 is 1.35 bits per heavy atom. The van der Waals surface area contributed by atoms with Gasteiger partial charge in [-0.2, -0.15) is 0 Å². The molecular weight excluding hydrogens is 252 g/mol. The van der Waals surface area contributed by atoms with Crippen LogP contribution in [-0.2, 0) is 4.74 Å². The first-order valence-electron chi connectivity index (χ1n) is 8.38. The molecule has 0 radical (unpaired) electrons. The summed E-state index contributed by atoms with van der Waals surface area (Å²) < 4.78 is 5.75. The SMILES string of the molecule is CCOC1CCCN(CCCC(C)(CO)NC2CC2)C1. The van der Waals surface area contributed by atoms with Crippen molar-refractivity contribution in [1.82, 2.24) is 10.2 Å². The smallest absolute Gasteiger partial charge is 0.0702 e. The lowest BCUT2D eigenvalue weighted by Crippen LogP contribution is -2.47. The molecule has 0 spiro atoms. The van der Waals surface area contributed by atoms with E-state index in [1.54, 1.807) is 0 Å². The van der Waals surface area contributed by atoms with Crippen LogP contribution in [0.3, 0.4) is 0 Å². The highest BCUT2D eigenvalue weighted by Gasteiger charge is 2.31. The van der Waals surface area contributed by atoms with Crippen LogP contribution in [0, 0.1) is 0 Å². The summed E-state index contributed by atoms with van der Waals surface area (Å²) in [7, 11) is 0. The zero-order valence-corrected chi connectivity index (χ0v) is 13.2. The van der Waals surface area contributed by atoms with E-state index in [4.69, 9.17) is 4.74 Å². The Morgan fingerprint density at radius 3 is 2.80 bits per heavy atom. The molecule has 2 unspecified atom stereocenters. The summed E-state index contributed by atoms with van der Waals surface area (Å²) >= 11 is 0. The minimum Gasteiger partial charge on any atom is -0.394 e. The number of rotatable bonds is 9. The predicted molar refractivity (Wildman–Crippen MR) is 82.0 cm³/mol. The average molecular weight is 284 g/mol. The molecule has 2 fully saturated rings. The molecule has 118 valence electrons. The van der Waals surface area contributed by atoms with Crippen LogP contribution in [0.25, 0.3) is 0 Å². The van der Waals surface area contributed by atoms with Gasteiger partial charge in [0.15, 0.2) is 0 Å².